The number of unbranched alkanes of at least 4 members (excludes halogenated alkanes) is 1. The first-order valence-electron chi connectivity index (χ1n) is 12.1. The molecule has 1 N–H and O–H groups in total. The summed E-state index contributed by atoms with van der Waals surface area (Å²) in [5.41, 5.74) is 4.34. The standard InChI is InChI=1S/C26H29N7O2/c1-4-5-8-18-15-33(23-22(16(2)3)24(23)34)26(35)32(18)14-17-11-12-21(27-13-17)19-9-6-7-10-20(19)25-28-30-31-29-25/h6-7,9-13,15-16,22-23H,4-5,8,14H2,1-3H3,(H,28,29,30,31). The minimum absolute atomic E-state index is 0.0665. The molecule has 2 atom stereocenters. The van der Waals surface area contributed by atoms with Crippen molar-refractivity contribution in [3.05, 3.63) is 70.5 Å². The zero-order valence-corrected chi connectivity index (χ0v) is 20.2. The first-order chi connectivity index (χ1) is 17.0. The molecule has 1 fully saturated rings. The van der Waals surface area contributed by atoms with E-state index < -0.39 is 0 Å². The Balaban J connectivity index is 1.43. The maximum atomic E-state index is 13.3. The van der Waals surface area contributed by atoms with Crippen molar-refractivity contribution in [3.63, 3.8) is 0 Å². The Labute approximate surface area is 203 Å². The fourth-order valence-corrected chi connectivity index (χ4v) is 4.77. The van der Waals surface area contributed by atoms with E-state index in [-0.39, 0.29) is 29.4 Å². The number of nitrogens with zero attached hydrogens (tertiary/aromatic N) is 6. The predicted octanol–water partition coefficient (Wildman–Crippen LogP) is 3.68. The maximum absolute atomic E-state index is 13.3. The van der Waals surface area contributed by atoms with Crippen molar-refractivity contribution in [2.45, 2.75) is 52.6 Å². The number of H-pyrrole nitrogens is 1. The molecule has 0 amide bonds. The van der Waals surface area contributed by atoms with Crippen LogP contribution in [0.15, 0.2) is 53.6 Å². The first-order valence-corrected chi connectivity index (χ1v) is 12.1. The number of rotatable bonds is 9. The third-order valence-electron chi connectivity index (χ3n) is 6.71. The fourth-order valence-electron chi connectivity index (χ4n) is 4.77. The highest BCUT2D eigenvalue weighted by molar-refractivity contribution is 6.01. The molecule has 2 unspecified atom stereocenters. The lowest BCUT2D eigenvalue weighted by atomic mass is 10.0. The summed E-state index contributed by atoms with van der Waals surface area (Å²) in [4.78, 5) is 30.4. The molecule has 0 bridgehead atoms. The monoisotopic (exact) mass is 471 g/mol. The molecule has 0 saturated heterocycles. The van der Waals surface area contributed by atoms with Gasteiger partial charge in [-0.1, -0.05) is 57.5 Å². The Hall–Kier alpha value is -3.88. The average Bonchev–Trinajstić information content (AvgIpc) is 3.18. The van der Waals surface area contributed by atoms with Gasteiger partial charge in [-0.15, -0.1) is 5.10 Å². The number of carbonyl (C=O) groups is 1. The number of pyridine rings is 1. The molecule has 1 aliphatic rings. The highest BCUT2D eigenvalue weighted by atomic mass is 16.2. The second kappa shape index (κ2) is 9.40. The number of imidazole rings is 1. The number of aromatic amines is 1. The summed E-state index contributed by atoms with van der Waals surface area (Å²) in [7, 11) is 0. The molecular weight excluding hydrogens is 442 g/mol. The maximum Gasteiger partial charge on any atom is 0.329 e. The Morgan fingerprint density at radius 3 is 2.51 bits per heavy atom. The van der Waals surface area contributed by atoms with Gasteiger partial charge in [-0.2, -0.15) is 0 Å². The Morgan fingerprint density at radius 1 is 1.09 bits per heavy atom. The van der Waals surface area contributed by atoms with Gasteiger partial charge in [0.15, 0.2) is 11.6 Å². The van der Waals surface area contributed by atoms with Crippen molar-refractivity contribution in [1.82, 2.24) is 34.7 Å². The van der Waals surface area contributed by atoms with E-state index in [1.165, 1.54) is 0 Å². The van der Waals surface area contributed by atoms with Crippen LogP contribution in [-0.2, 0) is 17.8 Å². The average molecular weight is 472 g/mol. The number of tetrazole rings is 1. The summed E-state index contributed by atoms with van der Waals surface area (Å²) < 4.78 is 3.45. The molecule has 4 aromatic rings. The summed E-state index contributed by atoms with van der Waals surface area (Å²) in [6, 6.07) is 11.4. The third-order valence-corrected chi connectivity index (χ3v) is 6.71. The summed E-state index contributed by atoms with van der Waals surface area (Å²) in [6.07, 6.45) is 6.52. The summed E-state index contributed by atoms with van der Waals surface area (Å²) in [6.45, 7) is 6.62. The van der Waals surface area contributed by atoms with Crippen LogP contribution in [0.4, 0.5) is 0 Å². The molecule has 1 aromatic carbocycles. The number of aromatic nitrogens is 7. The lowest BCUT2D eigenvalue weighted by Crippen LogP contribution is -2.26. The summed E-state index contributed by atoms with van der Waals surface area (Å²) >= 11 is 0. The van der Waals surface area contributed by atoms with Gasteiger partial charge in [-0.05, 0) is 40.8 Å². The second-order valence-electron chi connectivity index (χ2n) is 9.46. The molecule has 1 aliphatic carbocycles. The van der Waals surface area contributed by atoms with Gasteiger partial charge < -0.3 is 0 Å². The second-order valence-corrected chi connectivity index (χ2v) is 9.46. The molecular formula is C26H29N7O2. The van der Waals surface area contributed by atoms with Crippen LogP contribution in [-0.4, -0.2) is 40.5 Å². The number of benzene rings is 1. The van der Waals surface area contributed by atoms with Gasteiger partial charge in [-0.25, -0.2) is 9.89 Å². The summed E-state index contributed by atoms with van der Waals surface area (Å²) in [5.74, 6) is 0.902. The lowest BCUT2D eigenvalue weighted by Gasteiger charge is -2.09. The Morgan fingerprint density at radius 2 is 1.89 bits per heavy atom. The van der Waals surface area contributed by atoms with Crippen molar-refractivity contribution in [2.24, 2.45) is 11.8 Å². The van der Waals surface area contributed by atoms with Gasteiger partial charge in [0.05, 0.1) is 18.2 Å². The number of Topliss-reactive ketones (excluding diaryl/α,β-unsaturated/α-hetero) is 1. The van der Waals surface area contributed by atoms with Crippen molar-refractivity contribution >= 4 is 5.78 Å². The minimum Gasteiger partial charge on any atom is -0.297 e. The molecule has 3 heterocycles. The van der Waals surface area contributed by atoms with Gasteiger partial charge in [0.2, 0.25) is 0 Å². The van der Waals surface area contributed by atoms with Crippen LogP contribution >= 0.6 is 0 Å². The molecule has 35 heavy (non-hydrogen) atoms. The molecule has 0 spiro atoms. The van der Waals surface area contributed by atoms with Crippen LogP contribution in [0.3, 0.4) is 0 Å². The summed E-state index contributed by atoms with van der Waals surface area (Å²) in [5, 5.41) is 14.2. The van der Waals surface area contributed by atoms with Crippen LogP contribution in [0.25, 0.3) is 22.6 Å². The zero-order chi connectivity index (χ0) is 24.5. The smallest absolute Gasteiger partial charge is 0.297 e. The van der Waals surface area contributed by atoms with Crippen molar-refractivity contribution in [3.8, 4) is 22.6 Å². The molecule has 180 valence electrons. The predicted molar refractivity (Wildman–Crippen MR) is 132 cm³/mol. The number of aryl methyl sites for hydroxylation is 1. The van der Waals surface area contributed by atoms with E-state index in [1.54, 1.807) is 15.3 Å². The van der Waals surface area contributed by atoms with Crippen LogP contribution in [0, 0.1) is 11.8 Å². The van der Waals surface area contributed by atoms with E-state index >= 15 is 0 Å². The van der Waals surface area contributed by atoms with Gasteiger partial charge in [0, 0.05) is 29.2 Å². The normalized spacial score (nSPS) is 17.3. The Bertz CT molecular complexity index is 1380. The highest BCUT2D eigenvalue weighted by Crippen LogP contribution is 2.43. The van der Waals surface area contributed by atoms with Gasteiger partial charge in [0.1, 0.15) is 6.04 Å². The van der Waals surface area contributed by atoms with E-state index in [0.717, 1.165) is 47.3 Å². The van der Waals surface area contributed by atoms with Crippen LogP contribution in [0.1, 0.15) is 50.9 Å². The third kappa shape index (κ3) is 4.34. The van der Waals surface area contributed by atoms with Crippen LogP contribution < -0.4 is 5.69 Å². The topological polar surface area (TPSA) is 111 Å². The molecule has 0 radical (unpaired) electrons. The molecule has 1 saturated carbocycles. The molecule has 0 aliphatic heterocycles. The molecule has 9 nitrogen and oxygen atoms in total. The lowest BCUT2D eigenvalue weighted by molar-refractivity contribution is -0.112. The highest BCUT2D eigenvalue weighted by Gasteiger charge is 2.53. The van der Waals surface area contributed by atoms with Crippen LogP contribution in [0.5, 0.6) is 0 Å². The van der Waals surface area contributed by atoms with Crippen LogP contribution in [0.2, 0.25) is 0 Å². The molecule has 5 rings (SSSR count). The van der Waals surface area contributed by atoms with E-state index in [2.05, 4.69) is 32.5 Å². The largest absolute Gasteiger partial charge is 0.329 e. The number of carbonyl (C=O) groups excluding carboxylic acids is 1. The van der Waals surface area contributed by atoms with Crippen molar-refractivity contribution in [2.75, 3.05) is 0 Å². The van der Waals surface area contributed by atoms with Crippen molar-refractivity contribution in [1.29, 1.82) is 0 Å². The molecule has 3 aromatic heterocycles. The van der Waals surface area contributed by atoms with E-state index in [4.69, 9.17) is 0 Å². The Kier molecular flexibility index (Phi) is 6.15. The SMILES string of the molecule is CCCCc1cn(C2C(=O)C2C(C)C)c(=O)n1Cc1ccc(-c2ccccc2-c2nnn[nH]2)nc1. The van der Waals surface area contributed by atoms with E-state index in [1.807, 2.05) is 56.4 Å². The van der Waals surface area contributed by atoms with E-state index in [0.29, 0.717) is 12.4 Å². The minimum atomic E-state index is -0.327. The van der Waals surface area contributed by atoms with E-state index in [9.17, 15) is 9.59 Å². The number of nitrogens with one attached hydrogen (secondary N) is 1. The number of ketones is 1. The number of hydrogen-bond acceptors (Lipinski definition) is 6. The number of hydrogen-bond donors (Lipinski definition) is 1. The quantitative estimate of drug-likeness (QED) is 0.399. The zero-order valence-electron chi connectivity index (χ0n) is 20.2. The fraction of sp³-hybridized carbons (Fsp3) is 0.385. The first kappa shape index (κ1) is 22.9. The van der Waals surface area contributed by atoms with Gasteiger partial charge >= 0.3 is 5.69 Å². The molecule has 9 heteroatoms. The van der Waals surface area contributed by atoms with Gasteiger partial charge in [-0.3, -0.25) is 18.9 Å². The van der Waals surface area contributed by atoms with Crippen molar-refractivity contribution < 1.29 is 4.79 Å². The van der Waals surface area contributed by atoms with Gasteiger partial charge in [0.25, 0.3) is 0 Å².